The van der Waals surface area contributed by atoms with Crippen LogP contribution in [0.1, 0.15) is 41.3 Å². The number of aromatic carboxylic acids is 1. The number of nitrogens with one attached hydrogen (secondary N) is 2. The Morgan fingerprint density at radius 3 is 2.89 bits per heavy atom. The zero-order chi connectivity index (χ0) is 14.0. The zero-order valence-corrected chi connectivity index (χ0v) is 11.0. The molecule has 2 heterocycles. The van der Waals surface area contributed by atoms with Crippen molar-refractivity contribution in [3.8, 4) is 0 Å². The van der Waals surface area contributed by atoms with E-state index in [9.17, 15) is 14.4 Å². The molecule has 2 rings (SSSR count). The summed E-state index contributed by atoms with van der Waals surface area (Å²) in [5.74, 6) is -1.50. The molecule has 0 spiro atoms. The quantitative estimate of drug-likeness (QED) is 0.736. The van der Waals surface area contributed by atoms with E-state index in [1.54, 1.807) is 6.92 Å². The molecule has 1 saturated heterocycles. The molecule has 19 heavy (non-hydrogen) atoms. The maximum absolute atomic E-state index is 11.8. The van der Waals surface area contributed by atoms with E-state index in [1.807, 2.05) is 0 Å². The van der Waals surface area contributed by atoms with Crippen molar-refractivity contribution in [1.82, 2.24) is 15.6 Å². The Balaban J connectivity index is 1.96. The van der Waals surface area contributed by atoms with Crippen LogP contribution in [0.15, 0.2) is 5.38 Å². The summed E-state index contributed by atoms with van der Waals surface area (Å²) in [5.41, 5.74) is -0.0322. The fourth-order valence-corrected chi connectivity index (χ4v) is 2.57. The summed E-state index contributed by atoms with van der Waals surface area (Å²) < 4.78 is 0. The van der Waals surface area contributed by atoms with Gasteiger partial charge in [-0.25, -0.2) is 9.78 Å². The maximum Gasteiger partial charge on any atom is 0.355 e. The van der Waals surface area contributed by atoms with E-state index in [0.29, 0.717) is 17.8 Å². The summed E-state index contributed by atoms with van der Waals surface area (Å²) in [7, 11) is 0. The maximum atomic E-state index is 11.8. The van der Waals surface area contributed by atoms with E-state index >= 15 is 0 Å². The lowest BCUT2D eigenvalue weighted by Crippen LogP contribution is -2.42. The molecule has 102 valence electrons. The highest BCUT2D eigenvalue weighted by Crippen LogP contribution is 2.18. The number of carbonyl (C=O) groups excluding carboxylic acids is 2. The third-order valence-corrected chi connectivity index (χ3v) is 3.81. The summed E-state index contributed by atoms with van der Waals surface area (Å²) in [6.45, 7) is 1.72. The topological polar surface area (TPSA) is 108 Å². The minimum absolute atomic E-state index is 0.0322. The lowest BCUT2D eigenvalue weighted by atomic mass is 10.2. The van der Waals surface area contributed by atoms with Crippen LogP contribution >= 0.6 is 11.3 Å². The van der Waals surface area contributed by atoms with Gasteiger partial charge in [-0.05, 0) is 13.3 Å². The first-order valence-electron chi connectivity index (χ1n) is 5.76. The number of carbonyl (C=O) groups is 3. The minimum atomic E-state index is -1.09. The summed E-state index contributed by atoms with van der Waals surface area (Å²) in [5, 5.41) is 16.0. The van der Waals surface area contributed by atoms with E-state index in [1.165, 1.54) is 16.7 Å². The predicted molar refractivity (Wildman–Crippen MR) is 66.8 cm³/mol. The zero-order valence-electron chi connectivity index (χ0n) is 10.2. The average Bonchev–Trinajstić information content (AvgIpc) is 2.96. The lowest BCUT2D eigenvalue weighted by molar-refractivity contribution is -0.126. The molecule has 2 atom stereocenters. The molecule has 1 aromatic heterocycles. The van der Waals surface area contributed by atoms with Crippen molar-refractivity contribution in [2.24, 2.45) is 0 Å². The van der Waals surface area contributed by atoms with Gasteiger partial charge in [0.1, 0.15) is 11.0 Å². The highest BCUT2D eigenvalue weighted by atomic mass is 32.1. The number of thiazole rings is 1. The van der Waals surface area contributed by atoms with Gasteiger partial charge < -0.3 is 15.7 Å². The third kappa shape index (κ3) is 3.08. The Bertz CT molecular complexity index is 528. The number of rotatable bonds is 4. The molecule has 0 aromatic carbocycles. The Hall–Kier alpha value is -1.96. The van der Waals surface area contributed by atoms with Crippen LogP contribution in [0.5, 0.6) is 0 Å². The fourth-order valence-electron chi connectivity index (χ4n) is 1.77. The van der Waals surface area contributed by atoms with Gasteiger partial charge in [0.2, 0.25) is 11.8 Å². The molecule has 1 aromatic rings. The summed E-state index contributed by atoms with van der Waals surface area (Å²) in [6.07, 6.45) is 0.836. The van der Waals surface area contributed by atoms with Crippen molar-refractivity contribution >= 4 is 29.1 Å². The predicted octanol–water partition coefficient (Wildman–Crippen LogP) is 0.297. The molecule has 1 fully saturated rings. The number of hydrogen-bond acceptors (Lipinski definition) is 5. The van der Waals surface area contributed by atoms with E-state index in [4.69, 9.17) is 5.11 Å². The van der Waals surface area contributed by atoms with Gasteiger partial charge in [-0.3, -0.25) is 9.59 Å². The van der Waals surface area contributed by atoms with Gasteiger partial charge in [0.25, 0.3) is 0 Å². The smallest absolute Gasteiger partial charge is 0.355 e. The Morgan fingerprint density at radius 1 is 1.63 bits per heavy atom. The summed E-state index contributed by atoms with van der Waals surface area (Å²) in [6, 6.07) is -0.892. The average molecular weight is 283 g/mol. The van der Waals surface area contributed by atoms with Crippen molar-refractivity contribution < 1.29 is 19.5 Å². The van der Waals surface area contributed by atoms with Crippen LogP contribution in [0.25, 0.3) is 0 Å². The van der Waals surface area contributed by atoms with E-state index in [-0.39, 0.29) is 23.6 Å². The number of amides is 2. The SMILES string of the molecule is CC(NC(=O)[C@H]1CCC(=O)N1)c1nc(C(=O)O)cs1. The van der Waals surface area contributed by atoms with E-state index in [0.717, 1.165) is 0 Å². The molecule has 7 nitrogen and oxygen atoms in total. The Kier molecular flexibility index (Phi) is 3.79. The molecule has 2 amide bonds. The molecular weight excluding hydrogens is 270 g/mol. The van der Waals surface area contributed by atoms with Crippen LogP contribution in [-0.4, -0.2) is 33.9 Å². The van der Waals surface area contributed by atoms with Gasteiger partial charge in [0.15, 0.2) is 5.69 Å². The van der Waals surface area contributed by atoms with Gasteiger partial charge in [-0.15, -0.1) is 11.3 Å². The van der Waals surface area contributed by atoms with Gasteiger partial charge in [0.05, 0.1) is 6.04 Å². The van der Waals surface area contributed by atoms with E-state index in [2.05, 4.69) is 15.6 Å². The van der Waals surface area contributed by atoms with E-state index < -0.39 is 12.0 Å². The number of carboxylic acid groups (broad SMARTS) is 1. The second kappa shape index (κ2) is 5.35. The van der Waals surface area contributed by atoms with Crippen molar-refractivity contribution in [2.75, 3.05) is 0 Å². The highest BCUT2D eigenvalue weighted by molar-refractivity contribution is 7.09. The molecule has 0 aliphatic carbocycles. The van der Waals surface area contributed by atoms with Crippen LogP contribution in [0.2, 0.25) is 0 Å². The number of aromatic nitrogens is 1. The molecule has 1 unspecified atom stereocenters. The summed E-state index contributed by atoms with van der Waals surface area (Å²) in [4.78, 5) is 37.5. The molecule has 0 bridgehead atoms. The fraction of sp³-hybridized carbons (Fsp3) is 0.455. The molecule has 0 radical (unpaired) electrons. The highest BCUT2D eigenvalue weighted by Gasteiger charge is 2.28. The van der Waals surface area contributed by atoms with Crippen molar-refractivity contribution in [1.29, 1.82) is 0 Å². The first kappa shape index (κ1) is 13.5. The van der Waals surface area contributed by atoms with Crippen LogP contribution in [-0.2, 0) is 9.59 Å². The van der Waals surface area contributed by atoms with Crippen LogP contribution in [0, 0.1) is 0 Å². The van der Waals surface area contributed by atoms with Gasteiger partial charge >= 0.3 is 5.97 Å². The lowest BCUT2D eigenvalue weighted by Gasteiger charge is -2.15. The molecule has 1 aliphatic heterocycles. The van der Waals surface area contributed by atoms with Crippen molar-refractivity contribution in [2.45, 2.75) is 31.8 Å². The minimum Gasteiger partial charge on any atom is -0.476 e. The number of carboxylic acids is 1. The first-order chi connectivity index (χ1) is 8.97. The number of nitrogens with zero attached hydrogens (tertiary/aromatic N) is 1. The van der Waals surface area contributed by atoms with Crippen LogP contribution in [0.3, 0.4) is 0 Å². The van der Waals surface area contributed by atoms with Crippen LogP contribution < -0.4 is 10.6 Å². The molecular formula is C11H13N3O4S. The van der Waals surface area contributed by atoms with Gasteiger partial charge in [-0.1, -0.05) is 0 Å². The second-order valence-corrected chi connectivity index (χ2v) is 5.15. The van der Waals surface area contributed by atoms with Crippen molar-refractivity contribution in [3.05, 3.63) is 16.1 Å². The van der Waals surface area contributed by atoms with Crippen LogP contribution in [0.4, 0.5) is 0 Å². The molecule has 3 N–H and O–H groups in total. The van der Waals surface area contributed by atoms with Crippen molar-refractivity contribution in [3.63, 3.8) is 0 Å². The third-order valence-electron chi connectivity index (χ3n) is 2.78. The molecule has 0 saturated carbocycles. The second-order valence-electron chi connectivity index (χ2n) is 4.27. The standard InChI is InChI=1S/C11H13N3O4S/c1-5(10-14-7(4-19-10)11(17)18)12-9(16)6-2-3-8(15)13-6/h4-6H,2-3H2,1H3,(H,12,16)(H,13,15)(H,17,18)/t5?,6-/m1/s1. The van der Waals surface area contributed by atoms with Gasteiger partial charge in [0, 0.05) is 11.8 Å². The Morgan fingerprint density at radius 2 is 2.37 bits per heavy atom. The summed E-state index contributed by atoms with van der Waals surface area (Å²) >= 11 is 1.18. The normalized spacial score (nSPS) is 19.8. The number of hydrogen-bond donors (Lipinski definition) is 3. The largest absolute Gasteiger partial charge is 0.476 e. The molecule has 8 heteroatoms. The van der Waals surface area contributed by atoms with Gasteiger partial charge in [-0.2, -0.15) is 0 Å². The molecule has 1 aliphatic rings. The Labute approximate surface area is 113 Å². The first-order valence-corrected chi connectivity index (χ1v) is 6.64. The monoisotopic (exact) mass is 283 g/mol.